The summed E-state index contributed by atoms with van der Waals surface area (Å²) in [6.07, 6.45) is 1.19. The molecule has 0 fully saturated rings. The molecule has 1 aromatic carbocycles. The Morgan fingerprint density at radius 3 is 2.33 bits per heavy atom. The van der Waals surface area contributed by atoms with Gasteiger partial charge in [0, 0.05) is 0 Å². The fraction of sp³-hybridized carbons (Fsp3) is 0.455. The maximum absolute atomic E-state index is 2.30. The van der Waals surface area contributed by atoms with Gasteiger partial charge in [0.1, 0.15) is 7.85 Å². The van der Waals surface area contributed by atoms with Gasteiger partial charge >= 0.3 is 0 Å². The van der Waals surface area contributed by atoms with E-state index in [1.165, 1.54) is 17.4 Å². The summed E-state index contributed by atoms with van der Waals surface area (Å²) in [7, 11) is 2.19. The molecular weight excluding hydrogens is 143 g/mol. The molecule has 0 nitrogen and oxygen atoms in total. The Bertz CT molecular complexity index is 263. The summed E-state index contributed by atoms with van der Waals surface area (Å²) >= 11 is 0. The van der Waals surface area contributed by atoms with Crippen molar-refractivity contribution in [2.45, 2.75) is 32.6 Å². The molecule has 64 valence electrons. The first-order valence-electron chi connectivity index (χ1n) is 4.64. The molecule has 0 N–H and O–H groups in total. The van der Waals surface area contributed by atoms with Crippen LogP contribution in [-0.4, -0.2) is 7.85 Å². The highest BCUT2D eigenvalue weighted by atomic mass is 14.2. The van der Waals surface area contributed by atoms with Crippen LogP contribution < -0.4 is 5.46 Å². The van der Waals surface area contributed by atoms with Crippen molar-refractivity contribution in [2.24, 2.45) is 0 Å². The van der Waals surface area contributed by atoms with Crippen LogP contribution in [0.4, 0.5) is 0 Å². The molecule has 0 aliphatic rings. The van der Waals surface area contributed by atoms with Crippen molar-refractivity contribution >= 4 is 13.3 Å². The average Bonchev–Trinajstić information content (AvgIpc) is 2.05. The zero-order valence-corrected chi connectivity index (χ0v) is 8.52. The highest BCUT2D eigenvalue weighted by Crippen LogP contribution is 2.24. The van der Waals surface area contributed by atoms with E-state index in [2.05, 4.69) is 52.9 Å². The SMILES string of the molecule is Bc1ccccc1C(C)(C)CC. The van der Waals surface area contributed by atoms with Gasteiger partial charge in [-0.25, -0.2) is 0 Å². The van der Waals surface area contributed by atoms with E-state index in [4.69, 9.17) is 0 Å². The van der Waals surface area contributed by atoms with Crippen LogP contribution in [0.5, 0.6) is 0 Å². The van der Waals surface area contributed by atoms with Crippen molar-refractivity contribution in [3.8, 4) is 0 Å². The molecular formula is C11H17B. The van der Waals surface area contributed by atoms with Crippen molar-refractivity contribution < 1.29 is 0 Å². The maximum atomic E-state index is 2.30. The standard InChI is InChI=1S/C11H17B/c1-4-11(2,3)9-7-5-6-8-10(9)12/h5-8H,4,12H2,1-3H3. The van der Waals surface area contributed by atoms with Crippen LogP contribution in [0.25, 0.3) is 0 Å². The largest absolute Gasteiger partial charge is 0.139 e. The van der Waals surface area contributed by atoms with Crippen LogP contribution in [0.2, 0.25) is 0 Å². The van der Waals surface area contributed by atoms with Gasteiger partial charge in [0.15, 0.2) is 0 Å². The minimum absolute atomic E-state index is 0.325. The Hall–Kier alpha value is -0.715. The van der Waals surface area contributed by atoms with Crippen LogP contribution in [0.1, 0.15) is 32.8 Å². The van der Waals surface area contributed by atoms with Crippen molar-refractivity contribution in [2.75, 3.05) is 0 Å². The summed E-state index contributed by atoms with van der Waals surface area (Å²) in [4.78, 5) is 0. The van der Waals surface area contributed by atoms with Gasteiger partial charge < -0.3 is 0 Å². The molecule has 1 aromatic rings. The Balaban J connectivity index is 3.10. The first kappa shape index (κ1) is 9.37. The third-order valence-corrected chi connectivity index (χ3v) is 2.76. The molecule has 0 aliphatic heterocycles. The lowest BCUT2D eigenvalue weighted by atomic mass is 9.75. The van der Waals surface area contributed by atoms with E-state index in [1.54, 1.807) is 0 Å². The Labute approximate surface area is 76.4 Å². The summed E-state index contributed by atoms with van der Waals surface area (Å²) in [5.74, 6) is 0. The molecule has 0 atom stereocenters. The third-order valence-electron chi connectivity index (χ3n) is 2.76. The summed E-state index contributed by atoms with van der Waals surface area (Å²) in [6.45, 7) is 6.84. The first-order valence-corrected chi connectivity index (χ1v) is 4.64. The second-order valence-electron chi connectivity index (χ2n) is 4.05. The second kappa shape index (κ2) is 3.34. The van der Waals surface area contributed by atoms with E-state index in [-0.39, 0.29) is 0 Å². The van der Waals surface area contributed by atoms with Gasteiger partial charge in [-0.3, -0.25) is 0 Å². The lowest BCUT2D eigenvalue weighted by molar-refractivity contribution is 0.509. The third kappa shape index (κ3) is 1.71. The van der Waals surface area contributed by atoms with E-state index in [0.29, 0.717) is 5.41 Å². The summed E-state index contributed by atoms with van der Waals surface area (Å²) in [5, 5.41) is 0. The Kier molecular flexibility index (Phi) is 2.61. The molecule has 0 saturated heterocycles. The summed E-state index contributed by atoms with van der Waals surface area (Å²) in [6, 6.07) is 8.65. The fourth-order valence-electron chi connectivity index (χ4n) is 1.52. The molecule has 0 aliphatic carbocycles. The van der Waals surface area contributed by atoms with E-state index < -0.39 is 0 Å². The van der Waals surface area contributed by atoms with E-state index in [9.17, 15) is 0 Å². The van der Waals surface area contributed by atoms with Crippen LogP contribution in [0.3, 0.4) is 0 Å². The monoisotopic (exact) mass is 160 g/mol. The number of benzene rings is 1. The normalized spacial score (nSPS) is 11.6. The topological polar surface area (TPSA) is 0 Å². The number of hydrogen-bond donors (Lipinski definition) is 0. The lowest BCUT2D eigenvalue weighted by Crippen LogP contribution is -2.24. The van der Waals surface area contributed by atoms with Gasteiger partial charge in [-0.15, -0.1) is 0 Å². The van der Waals surface area contributed by atoms with E-state index in [1.807, 2.05) is 0 Å². The van der Waals surface area contributed by atoms with Gasteiger partial charge in [-0.05, 0) is 17.4 Å². The van der Waals surface area contributed by atoms with E-state index in [0.717, 1.165) is 0 Å². The van der Waals surface area contributed by atoms with Crippen LogP contribution >= 0.6 is 0 Å². The van der Waals surface area contributed by atoms with Crippen LogP contribution in [0.15, 0.2) is 24.3 Å². The average molecular weight is 160 g/mol. The Morgan fingerprint density at radius 1 is 1.25 bits per heavy atom. The molecule has 0 radical (unpaired) electrons. The highest BCUT2D eigenvalue weighted by molar-refractivity contribution is 6.33. The van der Waals surface area contributed by atoms with Crippen molar-refractivity contribution in [1.82, 2.24) is 0 Å². The Morgan fingerprint density at radius 2 is 1.83 bits per heavy atom. The molecule has 0 saturated carbocycles. The van der Waals surface area contributed by atoms with E-state index >= 15 is 0 Å². The molecule has 0 heterocycles. The van der Waals surface area contributed by atoms with Gasteiger partial charge in [-0.1, -0.05) is 50.5 Å². The van der Waals surface area contributed by atoms with Crippen LogP contribution in [0, 0.1) is 0 Å². The maximum Gasteiger partial charge on any atom is 0.139 e. The highest BCUT2D eigenvalue weighted by Gasteiger charge is 2.18. The van der Waals surface area contributed by atoms with Gasteiger partial charge in [0.05, 0.1) is 0 Å². The molecule has 0 bridgehead atoms. The first-order chi connectivity index (χ1) is 5.58. The van der Waals surface area contributed by atoms with Gasteiger partial charge in [-0.2, -0.15) is 0 Å². The number of rotatable bonds is 2. The van der Waals surface area contributed by atoms with Gasteiger partial charge in [0.2, 0.25) is 0 Å². The molecule has 0 amide bonds. The quantitative estimate of drug-likeness (QED) is 0.577. The summed E-state index contributed by atoms with van der Waals surface area (Å²) in [5.41, 5.74) is 3.21. The number of hydrogen-bond acceptors (Lipinski definition) is 0. The molecule has 12 heavy (non-hydrogen) atoms. The molecule has 0 aromatic heterocycles. The zero-order valence-electron chi connectivity index (χ0n) is 8.52. The minimum Gasteiger partial charge on any atom is -0.0853 e. The van der Waals surface area contributed by atoms with Crippen molar-refractivity contribution in [3.63, 3.8) is 0 Å². The molecule has 0 spiro atoms. The predicted molar refractivity (Wildman–Crippen MR) is 57.9 cm³/mol. The minimum atomic E-state index is 0.325. The van der Waals surface area contributed by atoms with Crippen molar-refractivity contribution in [1.29, 1.82) is 0 Å². The van der Waals surface area contributed by atoms with Crippen LogP contribution in [-0.2, 0) is 5.41 Å². The lowest BCUT2D eigenvalue weighted by Gasteiger charge is -2.25. The fourth-order valence-corrected chi connectivity index (χ4v) is 1.52. The molecule has 1 heteroatoms. The smallest absolute Gasteiger partial charge is 0.0853 e. The summed E-state index contributed by atoms with van der Waals surface area (Å²) < 4.78 is 0. The van der Waals surface area contributed by atoms with Gasteiger partial charge in [0.25, 0.3) is 0 Å². The predicted octanol–water partition coefficient (Wildman–Crippen LogP) is 1.63. The van der Waals surface area contributed by atoms with Crippen molar-refractivity contribution in [3.05, 3.63) is 29.8 Å². The zero-order chi connectivity index (χ0) is 9.19. The molecule has 1 rings (SSSR count). The molecule has 0 unspecified atom stereocenters. The second-order valence-corrected chi connectivity index (χ2v) is 4.05.